The zero-order valence-corrected chi connectivity index (χ0v) is 18.9. The third kappa shape index (κ3) is 4.38. The molecule has 0 spiro atoms. The van der Waals surface area contributed by atoms with Crippen LogP contribution in [0.25, 0.3) is 11.1 Å². The van der Waals surface area contributed by atoms with E-state index in [1.54, 1.807) is 50.6 Å². The molecule has 0 aliphatic carbocycles. The summed E-state index contributed by atoms with van der Waals surface area (Å²) in [5.74, 6) is -0.755. The highest BCUT2D eigenvalue weighted by atomic mass is 19.1. The number of aliphatic hydroxyl groups excluding tert-OH is 1. The highest BCUT2D eigenvalue weighted by Gasteiger charge is 2.22. The number of benzene rings is 2. The Balaban J connectivity index is 1.65. The molecule has 8 heteroatoms. The Morgan fingerprint density at radius 2 is 2.15 bits per heavy atom. The Hall–Kier alpha value is -4.09. The Bertz CT molecular complexity index is 1330. The SMILES string of the molecule is CCOc1cc(C(=O)N(C)Cc2cnc(CO)c3c2CN=C3)cc(F)c1-c1cccc(C#N)c1. The van der Waals surface area contributed by atoms with Gasteiger partial charge in [0.05, 0.1) is 42.6 Å². The first-order valence-corrected chi connectivity index (χ1v) is 10.8. The minimum Gasteiger partial charge on any atom is -0.493 e. The highest BCUT2D eigenvalue weighted by molar-refractivity contribution is 5.96. The normalized spacial score (nSPS) is 11.7. The summed E-state index contributed by atoms with van der Waals surface area (Å²) in [6.45, 7) is 2.58. The van der Waals surface area contributed by atoms with Gasteiger partial charge < -0.3 is 14.7 Å². The minimum absolute atomic E-state index is 0.150. The lowest BCUT2D eigenvalue weighted by molar-refractivity contribution is 0.0783. The fourth-order valence-corrected chi connectivity index (χ4v) is 4.03. The van der Waals surface area contributed by atoms with Gasteiger partial charge in [0.15, 0.2) is 0 Å². The minimum atomic E-state index is -0.610. The second-order valence-electron chi connectivity index (χ2n) is 7.87. The van der Waals surface area contributed by atoms with Crippen molar-refractivity contribution in [2.24, 2.45) is 4.99 Å². The van der Waals surface area contributed by atoms with E-state index >= 15 is 4.39 Å². The predicted molar refractivity (Wildman–Crippen MR) is 125 cm³/mol. The van der Waals surface area contributed by atoms with Crippen molar-refractivity contribution in [2.75, 3.05) is 13.7 Å². The molecule has 1 aliphatic rings. The lowest BCUT2D eigenvalue weighted by atomic mass is 9.99. The van der Waals surface area contributed by atoms with Crippen LogP contribution in [0.1, 0.15) is 45.2 Å². The van der Waals surface area contributed by atoms with Crippen molar-refractivity contribution in [3.05, 3.63) is 81.9 Å². The third-order valence-electron chi connectivity index (χ3n) is 5.65. The highest BCUT2D eigenvalue weighted by Crippen LogP contribution is 2.35. The first-order chi connectivity index (χ1) is 16.5. The zero-order valence-electron chi connectivity index (χ0n) is 18.9. The molecule has 1 aromatic heterocycles. The van der Waals surface area contributed by atoms with E-state index in [0.29, 0.717) is 23.4 Å². The van der Waals surface area contributed by atoms with E-state index in [2.05, 4.69) is 9.98 Å². The average molecular weight is 458 g/mol. The van der Waals surface area contributed by atoms with Gasteiger partial charge >= 0.3 is 0 Å². The van der Waals surface area contributed by atoms with Gasteiger partial charge in [-0.3, -0.25) is 14.8 Å². The van der Waals surface area contributed by atoms with Crippen molar-refractivity contribution in [2.45, 2.75) is 26.6 Å². The first-order valence-electron chi connectivity index (χ1n) is 10.8. The van der Waals surface area contributed by atoms with Crippen molar-refractivity contribution < 1.29 is 19.0 Å². The number of nitrogens with zero attached hydrogens (tertiary/aromatic N) is 4. The molecule has 1 aliphatic heterocycles. The van der Waals surface area contributed by atoms with Crippen molar-refractivity contribution in [1.29, 1.82) is 5.26 Å². The van der Waals surface area contributed by atoms with Gasteiger partial charge in [0.25, 0.3) is 5.91 Å². The van der Waals surface area contributed by atoms with Gasteiger partial charge in [-0.25, -0.2) is 4.39 Å². The third-order valence-corrected chi connectivity index (χ3v) is 5.65. The molecule has 4 rings (SSSR count). The lowest BCUT2D eigenvalue weighted by Gasteiger charge is -2.21. The molecule has 34 heavy (non-hydrogen) atoms. The number of ether oxygens (including phenoxy) is 1. The number of hydrogen-bond donors (Lipinski definition) is 1. The number of rotatable bonds is 7. The van der Waals surface area contributed by atoms with Gasteiger partial charge in [0.2, 0.25) is 0 Å². The van der Waals surface area contributed by atoms with Crippen LogP contribution in [0.4, 0.5) is 4.39 Å². The van der Waals surface area contributed by atoms with Gasteiger partial charge in [0.1, 0.15) is 11.6 Å². The molecule has 0 bridgehead atoms. The quantitative estimate of drug-likeness (QED) is 0.580. The van der Waals surface area contributed by atoms with Crippen LogP contribution in [0.3, 0.4) is 0 Å². The molecular formula is C26H23FN4O3. The Kier molecular flexibility index (Phi) is 6.66. The van der Waals surface area contributed by atoms with Gasteiger partial charge in [-0.05, 0) is 47.9 Å². The van der Waals surface area contributed by atoms with Crippen LogP contribution < -0.4 is 4.74 Å². The van der Waals surface area contributed by atoms with E-state index in [-0.39, 0.29) is 42.5 Å². The molecule has 172 valence electrons. The number of amides is 1. The summed E-state index contributed by atoms with van der Waals surface area (Å²) in [4.78, 5) is 23.2. The molecule has 0 radical (unpaired) electrons. The fraction of sp³-hybridized carbons (Fsp3) is 0.231. The fourth-order valence-electron chi connectivity index (χ4n) is 4.03. The van der Waals surface area contributed by atoms with Crippen LogP contribution in [-0.4, -0.2) is 40.8 Å². The average Bonchev–Trinajstić information content (AvgIpc) is 3.34. The van der Waals surface area contributed by atoms with Crippen molar-refractivity contribution in [3.63, 3.8) is 0 Å². The number of halogens is 1. The smallest absolute Gasteiger partial charge is 0.254 e. The van der Waals surface area contributed by atoms with E-state index in [0.717, 1.165) is 16.7 Å². The standard InChI is InChI=1S/C26H23FN4O3/c1-3-34-24-9-18(8-22(27)25(24)17-6-4-5-16(7-17)10-28)26(33)31(2)14-19-11-30-23(15-32)21-13-29-12-20(19)21/h4-9,11,13,32H,3,12,14-15H2,1-2H3. The summed E-state index contributed by atoms with van der Waals surface area (Å²) >= 11 is 0. The van der Waals surface area contributed by atoms with E-state index in [4.69, 9.17) is 4.74 Å². The number of nitriles is 1. The zero-order chi connectivity index (χ0) is 24.2. The van der Waals surface area contributed by atoms with Crippen LogP contribution in [0, 0.1) is 17.1 Å². The first kappa shape index (κ1) is 23.1. The largest absolute Gasteiger partial charge is 0.493 e. The molecule has 2 heterocycles. The monoisotopic (exact) mass is 458 g/mol. The number of fused-ring (bicyclic) bond motifs is 1. The topological polar surface area (TPSA) is 98.8 Å². The Morgan fingerprint density at radius 3 is 2.88 bits per heavy atom. The predicted octanol–water partition coefficient (Wildman–Crippen LogP) is 3.86. The van der Waals surface area contributed by atoms with E-state index in [1.165, 1.54) is 17.0 Å². The van der Waals surface area contributed by atoms with Crippen molar-refractivity contribution >= 4 is 12.1 Å². The summed E-state index contributed by atoms with van der Waals surface area (Å²) in [6, 6.07) is 11.4. The van der Waals surface area contributed by atoms with E-state index < -0.39 is 5.82 Å². The number of aromatic nitrogens is 1. The molecule has 0 atom stereocenters. The van der Waals surface area contributed by atoms with E-state index in [1.807, 2.05) is 6.07 Å². The van der Waals surface area contributed by atoms with Gasteiger partial charge in [-0.15, -0.1) is 0 Å². The van der Waals surface area contributed by atoms with Gasteiger partial charge in [0, 0.05) is 37.1 Å². The maximum absolute atomic E-state index is 15.3. The number of aliphatic imine (C=N–C) groups is 1. The molecule has 7 nitrogen and oxygen atoms in total. The van der Waals surface area contributed by atoms with Crippen molar-refractivity contribution in [1.82, 2.24) is 9.88 Å². The summed E-state index contributed by atoms with van der Waals surface area (Å²) in [5, 5.41) is 18.7. The van der Waals surface area contributed by atoms with Gasteiger partial charge in [-0.1, -0.05) is 12.1 Å². The molecule has 2 aromatic carbocycles. The summed E-state index contributed by atoms with van der Waals surface area (Å²) in [6.07, 6.45) is 3.32. The van der Waals surface area contributed by atoms with Crippen LogP contribution in [0.5, 0.6) is 5.75 Å². The maximum Gasteiger partial charge on any atom is 0.254 e. The van der Waals surface area contributed by atoms with Crippen LogP contribution >= 0.6 is 0 Å². The van der Waals surface area contributed by atoms with Crippen LogP contribution in [0.15, 0.2) is 47.6 Å². The summed E-state index contributed by atoms with van der Waals surface area (Å²) in [5.41, 5.74) is 4.33. The molecule has 1 amide bonds. The molecule has 0 fully saturated rings. The second-order valence-corrected chi connectivity index (χ2v) is 7.87. The maximum atomic E-state index is 15.3. The number of aliphatic hydroxyl groups is 1. The molecule has 0 saturated carbocycles. The Labute approximate surface area is 196 Å². The summed E-state index contributed by atoms with van der Waals surface area (Å²) in [7, 11) is 1.63. The summed E-state index contributed by atoms with van der Waals surface area (Å²) < 4.78 is 21.0. The number of carbonyl (C=O) groups is 1. The molecule has 1 N–H and O–H groups in total. The molecule has 0 unspecified atom stereocenters. The van der Waals surface area contributed by atoms with Crippen molar-refractivity contribution in [3.8, 4) is 22.9 Å². The van der Waals surface area contributed by atoms with Crippen LogP contribution in [-0.2, 0) is 19.7 Å². The van der Waals surface area contributed by atoms with Gasteiger partial charge in [-0.2, -0.15) is 5.26 Å². The lowest BCUT2D eigenvalue weighted by Crippen LogP contribution is -2.27. The molecule has 3 aromatic rings. The number of carbonyl (C=O) groups excluding carboxylic acids is 1. The number of pyridine rings is 1. The molecule has 0 saturated heterocycles. The Morgan fingerprint density at radius 1 is 1.32 bits per heavy atom. The second kappa shape index (κ2) is 9.81. The number of hydrogen-bond acceptors (Lipinski definition) is 6. The van der Waals surface area contributed by atoms with Crippen LogP contribution in [0.2, 0.25) is 0 Å². The van der Waals surface area contributed by atoms with E-state index in [9.17, 15) is 15.2 Å². The molecular weight excluding hydrogens is 435 g/mol.